The van der Waals surface area contributed by atoms with Crippen LogP contribution in [0.5, 0.6) is 5.75 Å². The summed E-state index contributed by atoms with van der Waals surface area (Å²) < 4.78 is 0. The summed E-state index contributed by atoms with van der Waals surface area (Å²) in [4.78, 5) is 49.8. The number of carboxylic acids is 1. The predicted octanol–water partition coefficient (Wildman–Crippen LogP) is -1.65. The van der Waals surface area contributed by atoms with Crippen LogP contribution in [0.1, 0.15) is 37.7 Å². The fraction of sp³-hybridized carbons (Fsp3) is 0.565. The zero-order chi connectivity index (χ0) is 25.8. The fourth-order valence-corrected chi connectivity index (χ4v) is 3.75. The topological polar surface area (TPSA) is 203 Å². The third-order valence-electron chi connectivity index (χ3n) is 5.76. The molecule has 0 saturated carbocycles. The number of aromatic hydroxyl groups is 1. The lowest BCUT2D eigenvalue weighted by molar-refractivity contribution is -0.142. The summed E-state index contributed by atoms with van der Waals surface area (Å²) in [7, 11) is 0. The predicted molar refractivity (Wildman–Crippen MR) is 126 cm³/mol. The van der Waals surface area contributed by atoms with Gasteiger partial charge >= 0.3 is 5.97 Å². The van der Waals surface area contributed by atoms with Crippen LogP contribution in [0.25, 0.3) is 0 Å². The number of nitrogens with two attached hydrogens (primary N) is 1. The van der Waals surface area contributed by atoms with E-state index >= 15 is 0 Å². The number of carboxylic acid groups (broad SMARTS) is 1. The van der Waals surface area contributed by atoms with Crippen LogP contribution in [-0.2, 0) is 25.6 Å². The lowest BCUT2D eigenvalue weighted by Gasteiger charge is -2.24. The van der Waals surface area contributed by atoms with Crippen molar-refractivity contribution in [2.45, 2.75) is 62.7 Å². The number of phenols is 1. The first-order chi connectivity index (χ1) is 16.7. The Hall–Kier alpha value is -3.22. The molecular weight excluding hydrogens is 458 g/mol. The van der Waals surface area contributed by atoms with Gasteiger partial charge < -0.3 is 42.3 Å². The van der Waals surface area contributed by atoms with Crippen molar-refractivity contribution in [3.8, 4) is 5.75 Å². The zero-order valence-corrected chi connectivity index (χ0v) is 19.5. The minimum atomic E-state index is -1.41. The summed E-state index contributed by atoms with van der Waals surface area (Å²) in [6.07, 6.45) is 2.76. The zero-order valence-electron chi connectivity index (χ0n) is 19.5. The van der Waals surface area contributed by atoms with E-state index in [9.17, 15) is 34.5 Å². The normalized spacial score (nSPS) is 17.7. The molecule has 0 radical (unpaired) electrons. The molecule has 0 spiro atoms. The number of carbonyl (C=O) groups is 4. The molecule has 4 unspecified atom stereocenters. The number of aliphatic carboxylic acids is 1. The molecule has 12 nitrogen and oxygen atoms in total. The number of benzene rings is 1. The van der Waals surface area contributed by atoms with E-state index in [1.165, 1.54) is 12.1 Å². The molecule has 194 valence electrons. The molecule has 0 aliphatic carbocycles. The summed E-state index contributed by atoms with van der Waals surface area (Å²) >= 11 is 0. The Morgan fingerprint density at radius 1 is 1.00 bits per heavy atom. The quantitative estimate of drug-likeness (QED) is 0.140. The van der Waals surface area contributed by atoms with Crippen LogP contribution < -0.4 is 27.0 Å². The van der Waals surface area contributed by atoms with Crippen LogP contribution in [0.15, 0.2) is 24.3 Å². The fourth-order valence-electron chi connectivity index (χ4n) is 3.75. The lowest BCUT2D eigenvalue weighted by atomic mass is 10.0. The van der Waals surface area contributed by atoms with Gasteiger partial charge in [0.1, 0.15) is 23.9 Å². The Kier molecular flexibility index (Phi) is 11.4. The van der Waals surface area contributed by atoms with Gasteiger partial charge in [0.15, 0.2) is 0 Å². The van der Waals surface area contributed by atoms with Crippen molar-refractivity contribution >= 4 is 23.7 Å². The Labute approximate surface area is 203 Å². The Morgan fingerprint density at radius 3 is 2.23 bits per heavy atom. The highest BCUT2D eigenvalue weighted by Gasteiger charge is 2.31. The Morgan fingerprint density at radius 2 is 1.66 bits per heavy atom. The van der Waals surface area contributed by atoms with Gasteiger partial charge in [-0.05, 0) is 62.9 Å². The smallest absolute Gasteiger partial charge is 0.326 e. The number of nitrogens with one attached hydrogen (secondary N) is 4. The molecule has 0 aromatic heterocycles. The number of rotatable bonds is 14. The summed E-state index contributed by atoms with van der Waals surface area (Å²) in [6.45, 7) is 0.312. The van der Waals surface area contributed by atoms with Crippen molar-refractivity contribution in [2.24, 2.45) is 5.73 Å². The number of carbonyl (C=O) groups excluding carboxylic acids is 3. The van der Waals surface area contributed by atoms with E-state index in [-0.39, 0.29) is 24.5 Å². The minimum Gasteiger partial charge on any atom is -0.508 e. The van der Waals surface area contributed by atoms with Crippen molar-refractivity contribution in [3.05, 3.63) is 29.8 Å². The number of amides is 3. The van der Waals surface area contributed by atoms with Gasteiger partial charge in [0.25, 0.3) is 0 Å². The molecule has 1 saturated heterocycles. The van der Waals surface area contributed by atoms with Gasteiger partial charge in [-0.2, -0.15) is 0 Å². The summed E-state index contributed by atoms with van der Waals surface area (Å²) in [5.74, 6) is -3.12. The molecule has 1 fully saturated rings. The monoisotopic (exact) mass is 493 g/mol. The molecule has 3 amide bonds. The number of aliphatic hydroxyl groups excluding tert-OH is 1. The van der Waals surface area contributed by atoms with E-state index in [4.69, 9.17) is 5.73 Å². The summed E-state index contributed by atoms with van der Waals surface area (Å²) in [6, 6.07) is 1.98. The van der Waals surface area contributed by atoms with Crippen LogP contribution >= 0.6 is 0 Å². The van der Waals surface area contributed by atoms with E-state index in [2.05, 4.69) is 21.3 Å². The Bertz CT molecular complexity index is 858. The Balaban J connectivity index is 2.08. The van der Waals surface area contributed by atoms with E-state index in [0.29, 0.717) is 37.9 Å². The van der Waals surface area contributed by atoms with E-state index in [1.807, 2.05) is 0 Å². The SMILES string of the molecule is NCCCCC(NC(=O)C(CO)NC(=O)C(Cc1ccc(O)cc1)NC(=O)C1CCCN1)C(=O)O. The van der Waals surface area contributed by atoms with Crippen LogP contribution in [0, 0.1) is 0 Å². The number of unbranched alkanes of at least 4 members (excludes halogenated alkanes) is 1. The van der Waals surface area contributed by atoms with Gasteiger partial charge in [-0.15, -0.1) is 0 Å². The van der Waals surface area contributed by atoms with Crippen molar-refractivity contribution in [2.75, 3.05) is 19.7 Å². The third-order valence-corrected chi connectivity index (χ3v) is 5.76. The number of hydrogen-bond donors (Lipinski definition) is 8. The van der Waals surface area contributed by atoms with E-state index in [0.717, 1.165) is 6.42 Å². The van der Waals surface area contributed by atoms with Gasteiger partial charge in [-0.25, -0.2) is 4.79 Å². The number of aliphatic hydroxyl groups is 1. The van der Waals surface area contributed by atoms with E-state index < -0.39 is 48.6 Å². The van der Waals surface area contributed by atoms with Crippen molar-refractivity contribution in [3.63, 3.8) is 0 Å². The van der Waals surface area contributed by atoms with Crippen molar-refractivity contribution in [1.82, 2.24) is 21.3 Å². The third kappa shape index (κ3) is 9.15. The van der Waals surface area contributed by atoms with E-state index in [1.54, 1.807) is 12.1 Å². The van der Waals surface area contributed by atoms with Crippen LogP contribution in [0.4, 0.5) is 0 Å². The highest BCUT2D eigenvalue weighted by atomic mass is 16.4. The molecule has 4 atom stereocenters. The average Bonchev–Trinajstić information content (AvgIpc) is 3.37. The van der Waals surface area contributed by atoms with Crippen LogP contribution in [-0.4, -0.2) is 82.9 Å². The standard InChI is InChI=1S/C23H35N5O7/c24-10-2-1-4-17(23(34)35)26-22(33)19(13-29)28-21(32)18(12-14-6-8-15(30)9-7-14)27-20(31)16-5-3-11-25-16/h6-9,16-19,25,29-30H,1-5,10-13,24H2,(H,26,33)(H,27,31)(H,28,32)(H,34,35). The van der Waals surface area contributed by atoms with Gasteiger partial charge in [-0.3, -0.25) is 14.4 Å². The molecule has 1 aliphatic rings. The molecule has 1 aromatic carbocycles. The van der Waals surface area contributed by atoms with Gasteiger partial charge in [0, 0.05) is 6.42 Å². The molecule has 1 heterocycles. The maximum absolute atomic E-state index is 13.1. The number of hydrogen-bond acceptors (Lipinski definition) is 8. The van der Waals surface area contributed by atoms with Gasteiger partial charge in [0.2, 0.25) is 17.7 Å². The maximum Gasteiger partial charge on any atom is 0.326 e. The molecule has 1 aromatic rings. The lowest BCUT2D eigenvalue weighted by Crippen LogP contribution is -2.58. The first kappa shape index (κ1) is 28.0. The van der Waals surface area contributed by atoms with Crippen LogP contribution in [0.2, 0.25) is 0 Å². The van der Waals surface area contributed by atoms with Crippen LogP contribution in [0.3, 0.4) is 0 Å². The second kappa shape index (κ2) is 14.2. The highest BCUT2D eigenvalue weighted by Crippen LogP contribution is 2.12. The first-order valence-electron chi connectivity index (χ1n) is 11.7. The first-order valence-corrected chi connectivity index (χ1v) is 11.7. The van der Waals surface area contributed by atoms with Crippen molar-refractivity contribution in [1.29, 1.82) is 0 Å². The van der Waals surface area contributed by atoms with Gasteiger partial charge in [-0.1, -0.05) is 12.1 Å². The highest BCUT2D eigenvalue weighted by molar-refractivity contribution is 5.94. The average molecular weight is 494 g/mol. The molecular formula is C23H35N5O7. The van der Waals surface area contributed by atoms with Gasteiger partial charge in [0.05, 0.1) is 12.6 Å². The minimum absolute atomic E-state index is 0.0467. The molecule has 12 heteroatoms. The molecule has 1 aliphatic heterocycles. The molecule has 0 bridgehead atoms. The second-order valence-electron chi connectivity index (χ2n) is 8.51. The summed E-state index contributed by atoms with van der Waals surface area (Å²) in [5, 5.41) is 39.1. The number of phenolic OH excluding ortho intramolecular Hbond substituents is 1. The van der Waals surface area contributed by atoms with Crippen molar-refractivity contribution < 1.29 is 34.5 Å². The molecule has 35 heavy (non-hydrogen) atoms. The molecule has 2 rings (SSSR count). The maximum atomic E-state index is 13.1. The second-order valence-corrected chi connectivity index (χ2v) is 8.51. The molecule has 9 N–H and O–H groups in total. The largest absolute Gasteiger partial charge is 0.508 e. The summed E-state index contributed by atoms with van der Waals surface area (Å²) in [5.41, 5.74) is 6.07.